The summed E-state index contributed by atoms with van der Waals surface area (Å²) < 4.78 is 0. The zero-order valence-electron chi connectivity index (χ0n) is 14.2. The Morgan fingerprint density at radius 2 is 1.95 bits per heavy atom. The van der Waals surface area contributed by atoms with Crippen LogP contribution in [0.25, 0.3) is 0 Å². The van der Waals surface area contributed by atoms with E-state index in [1.807, 2.05) is 11.3 Å². The summed E-state index contributed by atoms with van der Waals surface area (Å²) in [5, 5.41) is 6.96. The fraction of sp³-hybridized carbons (Fsp3) is 0.824. The largest absolute Gasteiger partial charge is 0.319 e. The molecule has 0 aliphatic rings. The highest BCUT2D eigenvalue weighted by Crippen LogP contribution is 2.34. The molecule has 0 aliphatic heterocycles. The second kappa shape index (κ2) is 7.56. The SMILES string of the molecule is CCCCC(CC)(CNC)Cc1nc(C(C)(C)C)cs1. The maximum absolute atomic E-state index is 4.90. The molecular formula is C17H32N2S. The number of hydrogen-bond acceptors (Lipinski definition) is 3. The Labute approximate surface area is 129 Å². The first-order valence-electron chi connectivity index (χ1n) is 7.96. The van der Waals surface area contributed by atoms with Gasteiger partial charge in [-0.15, -0.1) is 11.3 Å². The average Bonchev–Trinajstić information content (AvgIpc) is 2.84. The molecule has 0 spiro atoms. The lowest BCUT2D eigenvalue weighted by Gasteiger charge is -2.32. The molecule has 0 bridgehead atoms. The van der Waals surface area contributed by atoms with Gasteiger partial charge in [-0.3, -0.25) is 0 Å². The minimum atomic E-state index is 0.163. The van der Waals surface area contributed by atoms with Gasteiger partial charge in [0.05, 0.1) is 10.7 Å². The first-order chi connectivity index (χ1) is 9.37. The third-order valence-corrected chi connectivity index (χ3v) is 5.06. The molecule has 3 heteroatoms. The van der Waals surface area contributed by atoms with Gasteiger partial charge in [0.1, 0.15) is 0 Å². The van der Waals surface area contributed by atoms with Crippen LogP contribution in [0.15, 0.2) is 5.38 Å². The molecule has 0 radical (unpaired) electrons. The Morgan fingerprint density at radius 3 is 2.40 bits per heavy atom. The van der Waals surface area contributed by atoms with E-state index in [1.165, 1.54) is 36.4 Å². The lowest BCUT2D eigenvalue weighted by Crippen LogP contribution is -2.34. The molecule has 1 aromatic heterocycles. The number of unbranched alkanes of at least 4 members (excludes halogenated alkanes) is 1. The predicted octanol–water partition coefficient (Wildman–Crippen LogP) is 4.79. The van der Waals surface area contributed by atoms with E-state index in [1.54, 1.807) is 0 Å². The average molecular weight is 297 g/mol. The van der Waals surface area contributed by atoms with Crippen LogP contribution in [0.3, 0.4) is 0 Å². The van der Waals surface area contributed by atoms with Crippen LogP contribution >= 0.6 is 11.3 Å². The van der Waals surface area contributed by atoms with Crippen molar-refractivity contribution in [3.8, 4) is 0 Å². The Balaban J connectivity index is 2.85. The van der Waals surface area contributed by atoms with E-state index in [-0.39, 0.29) is 5.41 Å². The zero-order valence-corrected chi connectivity index (χ0v) is 15.0. The van der Waals surface area contributed by atoms with Crippen molar-refractivity contribution in [3.05, 3.63) is 16.1 Å². The topological polar surface area (TPSA) is 24.9 Å². The molecule has 1 rings (SSSR count). The van der Waals surface area contributed by atoms with Crippen molar-refractivity contribution in [1.29, 1.82) is 0 Å². The third kappa shape index (κ3) is 4.85. The number of nitrogens with one attached hydrogen (secondary N) is 1. The summed E-state index contributed by atoms with van der Waals surface area (Å²) in [6, 6.07) is 0. The van der Waals surface area contributed by atoms with Crippen LogP contribution in [0, 0.1) is 5.41 Å². The minimum Gasteiger partial charge on any atom is -0.319 e. The molecular weight excluding hydrogens is 264 g/mol. The van der Waals surface area contributed by atoms with E-state index in [2.05, 4.69) is 52.4 Å². The molecule has 0 saturated heterocycles. The van der Waals surface area contributed by atoms with E-state index in [9.17, 15) is 0 Å². The van der Waals surface area contributed by atoms with Gasteiger partial charge in [0.15, 0.2) is 0 Å². The molecule has 0 saturated carbocycles. The lowest BCUT2D eigenvalue weighted by atomic mass is 9.77. The van der Waals surface area contributed by atoms with Crippen molar-refractivity contribution in [2.75, 3.05) is 13.6 Å². The molecule has 0 aromatic carbocycles. The molecule has 0 fully saturated rings. The number of aromatic nitrogens is 1. The van der Waals surface area contributed by atoms with E-state index < -0.39 is 0 Å². The molecule has 1 atom stereocenters. The van der Waals surface area contributed by atoms with Crippen molar-refractivity contribution in [1.82, 2.24) is 10.3 Å². The first kappa shape index (κ1) is 17.6. The van der Waals surface area contributed by atoms with Gasteiger partial charge >= 0.3 is 0 Å². The number of rotatable bonds is 8. The molecule has 1 heterocycles. The molecule has 20 heavy (non-hydrogen) atoms. The van der Waals surface area contributed by atoms with Crippen molar-refractivity contribution in [2.45, 2.75) is 72.1 Å². The summed E-state index contributed by atoms with van der Waals surface area (Å²) in [5.41, 5.74) is 1.77. The zero-order chi connectivity index (χ0) is 15.2. The van der Waals surface area contributed by atoms with E-state index in [0.29, 0.717) is 5.41 Å². The van der Waals surface area contributed by atoms with Crippen LogP contribution < -0.4 is 5.32 Å². The maximum Gasteiger partial charge on any atom is 0.0934 e. The summed E-state index contributed by atoms with van der Waals surface area (Å²) in [7, 11) is 2.07. The van der Waals surface area contributed by atoms with Gasteiger partial charge in [-0.25, -0.2) is 4.98 Å². The fourth-order valence-corrected chi connectivity index (χ4v) is 3.84. The summed E-state index contributed by atoms with van der Waals surface area (Å²) >= 11 is 1.84. The van der Waals surface area contributed by atoms with Gasteiger partial charge in [0.2, 0.25) is 0 Å². The highest BCUT2D eigenvalue weighted by molar-refractivity contribution is 7.09. The number of thiazole rings is 1. The minimum absolute atomic E-state index is 0.163. The smallest absolute Gasteiger partial charge is 0.0934 e. The van der Waals surface area contributed by atoms with E-state index >= 15 is 0 Å². The van der Waals surface area contributed by atoms with Gasteiger partial charge in [-0.05, 0) is 25.3 Å². The summed E-state index contributed by atoms with van der Waals surface area (Å²) in [5.74, 6) is 0. The molecule has 1 aromatic rings. The van der Waals surface area contributed by atoms with Crippen LogP contribution in [0.5, 0.6) is 0 Å². The normalized spacial score (nSPS) is 15.3. The molecule has 1 N–H and O–H groups in total. The van der Waals surface area contributed by atoms with Crippen LogP contribution in [0.2, 0.25) is 0 Å². The highest BCUT2D eigenvalue weighted by Gasteiger charge is 2.29. The number of hydrogen-bond donors (Lipinski definition) is 1. The molecule has 2 nitrogen and oxygen atoms in total. The summed E-state index contributed by atoms with van der Waals surface area (Å²) in [4.78, 5) is 4.90. The lowest BCUT2D eigenvalue weighted by molar-refractivity contribution is 0.234. The van der Waals surface area contributed by atoms with Crippen molar-refractivity contribution in [3.63, 3.8) is 0 Å². The summed E-state index contributed by atoms with van der Waals surface area (Å²) in [6.45, 7) is 12.4. The number of nitrogens with zero attached hydrogens (tertiary/aromatic N) is 1. The second-order valence-corrected chi connectivity index (χ2v) is 7.98. The quantitative estimate of drug-likeness (QED) is 0.746. The highest BCUT2D eigenvalue weighted by atomic mass is 32.1. The molecule has 1 unspecified atom stereocenters. The van der Waals surface area contributed by atoms with Crippen LogP contribution in [0.4, 0.5) is 0 Å². The first-order valence-corrected chi connectivity index (χ1v) is 8.84. The van der Waals surface area contributed by atoms with Crippen LogP contribution in [0.1, 0.15) is 71.0 Å². The predicted molar refractivity (Wildman–Crippen MR) is 90.7 cm³/mol. The standard InChI is InChI=1S/C17H32N2S/c1-7-9-10-17(8-2,13-18-6)11-15-19-14(12-20-15)16(3,4)5/h12,18H,7-11,13H2,1-6H3. The Kier molecular flexibility index (Phi) is 6.67. The molecule has 0 amide bonds. The van der Waals surface area contributed by atoms with E-state index in [0.717, 1.165) is 13.0 Å². The van der Waals surface area contributed by atoms with Crippen LogP contribution in [-0.4, -0.2) is 18.6 Å². The molecule has 0 aliphatic carbocycles. The Morgan fingerprint density at radius 1 is 1.25 bits per heavy atom. The summed E-state index contributed by atoms with van der Waals surface area (Å²) in [6.07, 6.45) is 6.22. The maximum atomic E-state index is 4.90. The Hall–Kier alpha value is -0.410. The monoisotopic (exact) mass is 296 g/mol. The second-order valence-electron chi connectivity index (χ2n) is 7.04. The molecule has 116 valence electrons. The van der Waals surface area contributed by atoms with E-state index in [4.69, 9.17) is 4.98 Å². The van der Waals surface area contributed by atoms with Crippen LogP contribution in [-0.2, 0) is 11.8 Å². The van der Waals surface area contributed by atoms with Gasteiger partial charge in [-0.1, -0.05) is 47.5 Å². The van der Waals surface area contributed by atoms with Gasteiger partial charge in [0, 0.05) is 23.8 Å². The third-order valence-electron chi connectivity index (χ3n) is 4.21. The van der Waals surface area contributed by atoms with Gasteiger partial charge < -0.3 is 5.32 Å². The fourth-order valence-electron chi connectivity index (χ4n) is 2.65. The van der Waals surface area contributed by atoms with Gasteiger partial charge in [-0.2, -0.15) is 0 Å². The van der Waals surface area contributed by atoms with Crippen molar-refractivity contribution < 1.29 is 0 Å². The van der Waals surface area contributed by atoms with Crippen molar-refractivity contribution in [2.24, 2.45) is 5.41 Å². The Bertz CT molecular complexity index is 392. The van der Waals surface area contributed by atoms with Crippen molar-refractivity contribution >= 4 is 11.3 Å². The van der Waals surface area contributed by atoms with Gasteiger partial charge in [0.25, 0.3) is 0 Å².